The Morgan fingerprint density at radius 1 is 1.50 bits per heavy atom. The molecule has 2 rings (SSSR count). The minimum absolute atomic E-state index is 0.999. The van der Waals surface area contributed by atoms with Gasteiger partial charge < -0.3 is 5.32 Å². The van der Waals surface area contributed by atoms with E-state index in [1.165, 1.54) is 8.79 Å². The number of thiazole rings is 1. The van der Waals surface area contributed by atoms with Crippen molar-refractivity contribution in [1.29, 1.82) is 0 Å². The second kappa shape index (κ2) is 4.70. The van der Waals surface area contributed by atoms with Gasteiger partial charge in [-0.1, -0.05) is 0 Å². The van der Waals surface area contributed by atoms with Crippen LogP contribution in [0, 0.1) is 6.92 Å². The summed E-state index contributed by atoms with van der Waals surface area (Å²) in [6.07, 6.45) is 0. The molecule has 0 aliphatic carbocycles. The smallest absolute Gasteiger partial charge is 0.108 e. The minimum Gasteiger partial charge on any atom is -0.314 e. The van der Waals surface area contributed by atoms with E-state index in [9.17, 15) is 0 Å². The van der Waals surface area contributed by atoms with E-state index in [-0.39, 0.29) is 0 Å². The van der Waals surface area contributed by atoms with Gasteiger partial charge in [-0.15, -0.1) is 11.3 Å². The van der Waals surface area contributed by atoms with Crippen molar-refractivity contribution < 1.29 is 0 Å². The van der Waals surface area contributed by atoms with Gasteiger partial charge in [-0.25, -0.2) is 4.98 Å². The zero-order valence-corrected chi connectivity index (χ0v) is 10.6. The third-order valence-corrected chi connectivity index (χ3v) is 4.34. The molecule has 1 saturated heterocycles. The molecule has 1 aromatic heterocycles. The summed E-state index contributed by atoms with van der Waals surface area (Å²) in [7, 11) is 0. The van der Waals surface area contributed by atoms with Crippen molar-refractivity contribution in [3.8, 4) is 0 Å². The summed E-state index contributed by atoms with van der Waals surface area (Å²) < 4.78 is 1.17. The lowest BCUT2D eigenvalue weighted by Gasteiger charge is -2.26. The molecule has 0 amide bonds. The summed E-state index contributed by atoms with van der Waals surface area (Å²) in [5, 5.41) is 4.57. The van der Waals surface area contributed by atoms with Gasteiger partial charge in [0.25, 0.3) is 0 Å². The summed E-state index contributed by atoms with van der Waals surface area (Å²) in [5.41, 5.74) is 1.11. The van der Waals surface area contributed by atoms with Gasteiger partial charge in [-0.2, -0.15) is 0 Å². The molecule has 2 heterocycles. The molecule has 0 spiro atoms. The van der Waals surface area contributed by atoms with Crippen molar-refractivity contribution in [2.45, 2.75) is 13.5 Å². The van der Waals surface area contributed by atoms with E-state index in [0.29, 0.717) is 0 Å². The first-order valence-corrected chi connectivity index (χ1v) is 6.41. The fourth-order valence-electron chi connectivity index (χ4n) is 1.56. The number of piperazine rings is 1. The Balaban J connectivity index is 1.95. The summed E-state index contributed by atoms with van der Waals surface area (Å²) in [6, 6.07) is 0. The van der Waals surface area contributed by atoms with Crippen LogP contribution in [0.1, 0.15) is 10.7 Å². The first-order chi connectivity index (χ1) is 6.75. The molecule has 1 N–H and O–H groups in total. The zero-order valence-electron chi connectivity index (χ0n) is 8.22. The minimum atomic E-state index is 0.999. The van der Waals surface area contributed by atoms with Crippen LogP contribution < -0.4 is 5.32 Å². The standard InChI is InChI=1S/C9H14BrN3S/c1-7-9(10)14-8(12-7)6-13-4-2-11-3-5-13/h11H,2-6H2,1H3. The Bertz CT molecular complexity index is 288. The molecular weight excluding hydrogens is 262 g/mol. The molecule has 0 radical (unpaired) electrons. The highest BCUT2D eigenvalue weighted by molar-refractivity contribution is 9.11. The molecule has 5 heteroatoms. The van der Waals surface area contributed by atoms with E-state index < -0.39 is 0 Å². The molecule has 1 fully saturated rings. The van der Waals surface area contributed by atoms with E-state index in [1.54, 1.807) is 11.3 Å². The number of rotatable bonds is 2. The Morgan fingerprint density at radius 3 is 2.79 bits per heavy atom. The Kier molecular flexibility index (Phi) is 3.54. The third kappa shape index (κ3) is 2.53. The van der Waals surface area contributed by atoms with Crippen LogP contribution in [0.15, 0.2) is 3.79 Å². The van der Waals surface area contributed by atoms with Gasteiger partial charge >= 0.3 is 0 Å². The molecule has 1 aromatic rings. The fraction of sp³-hybridized carbons (Fsp3) is 0.667. The van der Waals surface area contributed by atoms with Gasteiger partial charge in [0.05, 0.1) is 16.0 Å². The second-order valence-electron chi connectivity index (χ2n) is 3.49. The van der Waals surface area contributed by atoms with Crippen molar-refractivity contribution in [3.63, 3.8) is 0 Å². The van der Waals surface area contributed by atoms with E-state index in [4.69, 9.17) is 0 Å². The number of nitrogens with zero attached hydrogens (tertiary/aromatic N) is 2. The van der Waals surface area contributed by atoms with Gasteiger partial charge in [-0.3, -0.25) is 4.90 Å². The van der Waals surface area contributed by atoms with Crippen LogP contribution in [-0.2, 0) is 6.54 Å². The molecule has 0 atom stereocenters. The summed E-state index contributed by atoms with van der Waals surface area (Å²) in [5.74, 6) is 0. The maximum absolute atomic E-state index is 4.51. The molecule has 14 heavy (non-hydrogen) atoms. The highest BCUT2D eigenvalue weighted by Crippen LogP contribution is 2.24. The molecule has 0 bridgehead atoms. The van der Waals surface area contributed by atoms with Crippen molar-refractivity contribution in [2.24, 2.45) is 0 Å². The number of hydrogen-bond donors (Lipinski definition) is 1. The van der Waals surface area contributed by atoms with Crippen LogP contribution in [0.3, 0.4) is 0 Å². The molecule has 78 valence electrons. The maximum atomic E-state index is 4.51. The Morgan fingerprint density at radius 2 is 2.21 bits per heavy atom. The highest BCUT2D eigenvalue weighted by Gasteiger charge is 2.12. The molecule has 3 nitrogen and oxygen atoms in total. The molecule has 0 saturated carbocycles. The lowest BCUT2D eigenvalue weighted by atomic mass is 10.3. The average molecular weight is 276 g/mol. The van der Waals surface area contributed by atoms with Crippen molar-refractivity contribution in [2.75, 3.05) is 26.2 Å². The molecular formula is C9H14BrN3S. The molecule has 0 unspecified atom stereocenters. The van der Waals surface area contributed by atoms with Gasteiger partial charge in [0, 0.05) is 26.2 Å². The monoisotopic (exact) mass is 275 g/mol. The van der Waals surface area contributed by atoms with Crippen LogP contribution >= 0.6 is 27.3 Å². The molecule has 1 aliphatic heterocycles. The third-order valence-electron chi connectivity index (χ3n) is 2.35. The van der Waals surface area contributed by atoms with Crippen LogP contribution in [0.25, 0.3) is 0 Å². The molecule has 0 aromatic carbocycles. The van der Waals surface area contributed by atoms with Crippen molar-refractivity contribution in [1.82, 2.24) is 15.2 Å². The summed E-state index contributed by atoms with van der Waals surface area (Å²) >= 11 is 5.26. The summed E-state index contributed by atoms with van der Waals surface area (Å²) in [4.78, 5) is 6.96. The van der Waals surface area contributed by atoms with E-state index in [1.807, 2.05) is 6.92 Å². The van der Waals surface area contributed by atoms with Gasteiger partial charge in [0.1, 0.15) is 5.01 Å². The Labute approximate surface area is 96.7 Å². The quantitative estimate of drug-likeness (QED) is 0.889. The number of nitrogens with one attached hydrogen (secondary N) is 1. The zero-order chi connectivity index (χ0) is 9.97. The van der Waals surface area contributed by atoms with E-state index in [0.717, 1.165) is 38.4 Å². The second-order valence-corrected chi connectivity index (χ2v) is 5.89. The van der Waals surface area contributed by atoms with Crippen LogP contribution in [0.2, 0.25) is 0 Å². The lowest BCUT2D eigenvalue weighted by molar-refractivity contribution is 0.233. The predicted molar refractivity (Wildman–Crippen MR) is 62.7 cm³/mol. The first kappa shape index (κ1) is 10.5. The van der Waals surface area contributed by atoms with Crippen LogP contribution in [-0.4, -0.2) is 36.1 Å². The Hall–Kier alpha value is 0.0300. The van der Waals surface area contributed by atoms with Crippen molar-refractivity contribution in [3.05, 3.63) is 14.5 Å². The van der Waals surface area contributed by atoms with Gasteiger partial charge in [0.2, 0.25) is 0 Å². The average Bonchev–Trinajstić information content (AvgIpc) is 2.47. The predicted octanol–water partition coefficient (Wildman–Crippen LogP) is 1.62. The number of hydrogen-bond acceptors (Lipinski definition) is 4. The number of aromatic nitrogens is 1. The van der Waals surface area contributed by atoms with E-state index >= 15 is 0 Å². The summed E-state index contributed by atoms with van der Waals surface area (Å²) in [6.45, 7) is 7.52. The van der Waals surface area contributed by atoms with E-state index in [2.05, 4.69) is 31.1 Å². The number of aryl methyl sites for hydroxylation is 1. The largest absolute Gasteiger partial charge is 0.314 e. The van der Waals surface area contributed by atoms with Gasteiger partial charge in [0.15, 0.2) is 0 Å². The number of halogens is 1. The maximum Gasteiger partial charge on any atom is 0.108 e. The SMILES string of the molecule is Cc1nc(CN2CCNCC2)sc1Br. The lowest BCUT2D eigenvalue weighted by Crippen LogP contribution is -2.42. The molecule has 1 aliphatic rings. The first-order valence-electron chi connectivity index (χ1n) is 4.80. The topological polar surface area (TPSA) is 28.2 Å². The highest BCUT2D eigenvalue weighted by atomic mass is 79.9. The van der Waals surface area contributed by atoms with Gasteiger partial charge in [-0.05, 0) is 22.9 Å². The van der Waals surface area contributed by atoms with Crippen molar-refractivity contribution >= 4 is 27.3 Å². The van der Waals surface area contributed by atoms with Crippen LogP contribution in [0.5, 0.6) is 0 Å². The normalized spacial score (nSPS) is 18.7. The fourth-order valence-corrected chi connectivity index (χ4v) is 3.04. The van der Waals surface area contributed by atoms with Crippen LogP contribution in [0.4, 0.5) is 0 Å².